The average Bonchev–Trinajstić information content (AvgIpc) is 3.71. The van der Waals surface area contributed by atoms with Crippen molar-refractivity contribution in [3.8, 4) is 11.1 Å². The van der Waals surface area contributed by atoms with Gasteiger partial charge in [0.05, 0.1) is 0 Å². The topological polar surface area (TPSA) is 0 Å². The van der Waals surface area contributed by atoms with Gasteiger partial charge in [-0.15, -0.1) is 0 Å². The van der Waals surface area contributed by atoms with Crippen molar-refractivity contribution in [3.05, 3.63) is 169 Å². The van der Waals surface area contributed by atoms with Crippen molar-refractivity contribution in [2.45, 2.75) is 10.5 Å². The predicted molar refractivity (Wildman–Crippen MR) is 159 cm³/mol. The number of allylic oxidation sites excluding steroid dienone is 4. The summed E-state index contributed by atoms with van der Waals surface area (Å²) in [5, 5.41) is 4.55. The number of benzene rings is 4. The monoisotopic (exact) mass is 652 g/mol. The molecule has 1 aromatic heterocycles. The van der Waals surface area contributed by atoms with Crippen LogP contribution < -0.4 is 24.8 Å². The molecule has 0 spiro atoms. The maximum Gasteiger partial charge on any atom is -1.00 e. The smallest absolute Gasteiger partial charge is 1.00 e. The van der Waals surface area contributed by atoms with Gasteiger partial charge in [0, 0.05) is 0 Å². The third-order valence-electron chi connectivity index (χ3n) is 7.94. The Morgan fingerprint density at radius 1 is 0.650 bits per heavy atom. The van der Waals surface area contributed by atoms with Crippen LogP contribution >= 0.6 is 11.3 Å². The van der Waals surface area contributed by atoms with E-state index in [2.05, 4.69) is 145 Å². The van der Waals surface area contributed by atoms with Crippen LogP contribution in [0.5, 0.6) is 0 Å². The molecule has 0 bridgehead atoms. The van der Waals surface area contributed by atoms with Crippen molar-refractivity contribution in [1.29, 1.82) is 0 Å². The minimum absolute atomic E-state index is 0. The van der Waals surface area contributed by atoms with Gasteiger partial charge in [-0.3, -0.25) is 0 Å². The Labute approximate surface area is 261 Å². The van der Waals surface area contributed by atoms with Crippen molar-refractivity contribution >= 4 is 20.1 Å². The van der Waals surface area contributed by atoms with E-state index in [-0.39, 0.29) is 24.8 Å². The fourth-order valence-corrected chi connectivity index (χ4v) is 16.9. The minimum Gasteiger partial charge on any atom is -1.00 e. The molecule has 2 aliphatic carbocycles. The summed E-state index contributed by atoms with van der Waals surface area (Å²) in [6.45, 7) is 2.42. The van der Waals surface area contributed by atoms with Crippen molar-refractivity contribution < 1.29 is 46.1 Å². The van der Waals surface area contributed by atoms with E-state index in [0.29, 0.717) is 9.54 Å². The molecule has 7 rings (SSSR count). The zero-order valence-corrected chi connectivity index (χ0v) is 26.9. The molecule has 0 N–H and O–H groups in total. The summed E-state index contributed by atoms with van der Waals surface area (Å²) in [7, 11) is 0. The maximum atomic E-state index is 2.45. The van der Waals surface area contributed by atoms with E-state index in [1.54, 1.807) is 17.8 Å². The van der Waals surface area contributed by atoms with Crippen molar-refractivity contribution in [2.24, 2.45) is 5.92 Å². The second kappa shape index (κ2) is 12.5. The summed E-state index contributed by atoms with van der Waals surface area (Å²) >= 11 is -0.967. The summed E-state index contributed by atoms with van der Waals surface area (Å²) < 4.78 is 3.74. The molecule has 1 heterocycles. The molecule has 5 aromatic rings. The first-order valence-electron chi connectivity index (χ1n) is 13.3. The standard InChI is InChI=1S/C13H9.C13H10.C10H9S.2ClH.Zr/c1-3-7-12-10(5-1)9-11-6-2-4-8-13(11)12;1-3-7-12(8-4-1)11-13-9-5-2-6-10-13;1-8-2-3-9(6-8)10-4-5-11-7-10;;;/h1-9H;1-10H;2-5,7-8H,1H3;2*1H;/q;;;;;+2/p-2. The molecule has 0 aliphatic heterocycles. The largest absolute Gasteiger partial charge is 1.00 e. The fraction of sp³-hybridized carbons (Fsp3) is 0.0833. The first-order chi connectivity index (χ1) is 18.8. The number of hydrogen-bond acceptors (Lipinski definition) is 1. The molecule has 0 nitrogen and oxygen atoms in total. The van der Waals surface area contributed by atoms with Crippen LogP contribution in [0.25, 0.3) is 16.7 Å². The molecular weight excluding hydrogens is 627 g/mol. The number of rotatable bonds is 5. The first-order valence-corrected chi connectivity index (χ1v) is 18.1. The molecule has 196 valence electrons. The van der Waals surface area contributed by atoms with E-state index < -0.39 is 21.3 Å². The maximum absolute atomic E-state index is 2.77. The van der Waals surface area contributed by atoms with E-state index in [1.165, 1.54) is 44.5 Å². The Morgan fingerprint density at radius 2 is 1.18 bits per heavy atom. The van der Waals surface area contributed by atoms with Gasteiger partial charge in [-0.25, -0.2) is 0 Å². The van der Waals surface area contributed by atoms with Crippen LogP contribution in [0.3, 0.4) is 0 Å². The molecule has 4 heteroatoms. The number of hydrogen-bond donors (Lipinski definition) is 0. The van der Waals surface area contributed by atoms with Crippen LogP contribution in [-0.2, 0) is 21.3 Å². The Kier molecular flexibility index (Phi) is 9.03. The van der Waals surface area contributed by atoms with Gasteiger partial charge in [0.2, 0.25) is 0 Å². The van der Waals surface area contributed by atoms with Gasteiger partial charge >= 0.3 is 238 Å². The normalized spacial score (nSPS) is 14.9. The van der Waals surface area contributed by atoms with Crippen LogP contribution in [0.1, 0.15) is 38.4 Å². The van der Waals surface area contributed by atoms with Crippen LogP contribution in [0.4, 0.5) is 0 Å². The van der Waals surface area contributed by atoms with Crippen molar-refractivity contribution in [1.82, 2.24) is 0 Å². The van der Waals surface area contributed by atoms with Crippen molar-refractivity contribution in [2.75, 3.05) is 0 Å². The SMILES string of the molecule is CC1C=CC(c2ccsc2)=[C]1[Zr+2](=[C](c1ccccc1)c1ccccc1)[CH]1c2ccccc2-c2ccccc21.[Cl-].[Cl-]. The Balaban J connectivity index is 0.00000161. The Hall–Kier alpha value is -2.61. The number of thiophene rings is 1. The zero-order chi connectivity index (χ0) is 25.5. The van der Waals surface area contributed by atoms with Crippen LogP contribution in [-0.4, -0.2) is 3.21 Å². The molecule has 0 fully saturated rings. The van der Waals surface area contributed by atoms with Gasteiger partial charge in [-0.05, 0) is 0 Å². The number of fused-ring (bicyclic) bond motifs is 3. The van der Waals surface area contributed by atoms with Gasteiger partial charge in [-0.2, -0.15) is 0 Å². The summed E-state index contributed by atoms with van der Waals surface area (Å²) in [6, 6.07) is 43.2. The van der Waals surface area contributed by atoms with Gasteiger partial charge in [0.15, 0.2) is 0 Å². The second-order valence-corrected chi connectivity index (χ2v) is 16.9. The van der Waals surface area contributed by atoms with E-state index in [0.717, 1.165) is 0 Å². The minimum atomic E-state index is -2.77. The molecule has 2 aliphatic rings. The quantitative estimate of drug-likeness (QED) is 0.273. The summed E-state index contributed by atoms with van der Waals surface area (Å²) in [4.78, 5) is 0. The van der Waals surface area contributed by atoms with Crippen LogP contribution in [0, 0.1) is 5.92 Å². The van der Waals surface area contributed by atoms with Crippen molar-refractivity contribution in [3.63, 3.8) is 0 Å². The Morgan fingerprint density at radius 3 is 1.70 bits per heavy atom. The van der Waals surface area contributed by atoms with Crippen LogP contribution in [0.15, 0.2) is 141 Å². The molecule has 40 heavy (non-hydrogen) atoms. The van der Waals surface area contributed by atoms with Gasteiger partial charge in [0.1, 0.15) is 0 Å². The Bertz CT molecular complexity index is 1630. The molecular formula is C36H28Cl2SZr. The third kappa shape index (κ3) is 5.01. The van der Waals surface area contributed by atoms with E-state index in [4.69, 9.17) is 0 Å². The summed E-state index contributed by atoms with van der Waals surface area (Å²) in [6.07, 6.45) is 4.87. The van der Waals surface area contributed by atoms with E-state index in [9.17, 15) is 0 Å². The fourth-order valence-electron chi connectivity index (χ4n) is 6.32. The van der Waals surface area contributed by atoms with E-state index in [1.807, 2.05) is 0 Å². The third-order valence-corrected chi connectivity index (χ3v) is 17.5. The van der Waals surface area contributed by atoms with Crippen LogP contribution in [0.2, 0.25) is 0 Å². The van der Waals surface area contributed by atoms with Gasteiger partial charge < -0.3 is 24.8 Å². The summed E-state index contributed by atoms with van der Waals surface area (Å²) in [5.74, 6) is 0.432. The number of halogens is 2. The van der Waals surface area contributed by atoms with Gasteiger partial charge in [-0.1, -0.05) is 0 Å². The molecule has 1 atom stereocenters. The zero-order valence-electron chi connectivity index (χ0n) is 22.1. The molecule has 0 saturated heterocycles. The molecule has 4 aromatic carbocycles. The molecule has 0 saturated carbocycles. The molecule has 0 radical (unpaired) electrons. The van der Waals surface area contributed by atoms with E-state index >= 15 is 0 Å². The second-order valence-electron chi connectivity index (χ2n) is 10.1. The first kappa shape index (κ1) is 28.9. The molecule has 1 unspecified atom stereocenters. The van der Waals surface area contributed by atoms with Gasteiger partial charge in [0.25, 0.3) is 0 Å². The average molecular weight is 655 g/mol. The predicted octanol–water partition coefficient (Wildman–Crippen LogP) is 3.33. The summed E-state index contributed by atoms with van der Waals surface area (Å²) in [5.41, 5.74) is 11.5. The molecule has 0 amide bonds.